The zero-order valence-electron chi connectivity index (χ0n) is 13.4. The molecule has 21 heavy (non-hydrogen) atoms. The highest BCUT2D eigenvalue weighted by Crippen LogP contribution is 2.32. The summed E-state index contributed by atoms with van der Waals surface area (Å²) in [6.07, 6.45) is 0.138. The van der Waals surface area contributed by atoms with Gasteiger partial charge in [-0.05, 0) is 33.3 Å². The lowest BCUT2D eigenvalue weighted by Gasteiger charge is -2.27. The zero-order chi connectivity index (χ0) is 16.0. The van der Waals surface area contributed by atoms with Crippen LogP contribution < -0.4 is 14.8 Å². The largest absolute Gasteiger partial charge is 0.493 e. The minimum absolute atomic E-state index is 0.179. The molecule has 1 unspecified atom stereocenters. The number of carbonyl (C=O) groups is 1. The lowest BCUT2D eigenvalue weighted by Crippen LogP contribution is -2.48. The molecule has 5 heteroatoms. The number of para-hydroxylation sites is 1. The van der Waals surface area contributed by atoms with Gasteiger partial charge in [-0.2, -0.15) is 0 Å². The molecule has 0 aliphatic carbocycles. The molecule has 0 aliphatic heterocycles. The van der Waals surface area contributed by atoms with Crippen LogP contribution in [-0.4, -0.2) is 29.8 Å². The van der Waals surface area contributed by atoms with Gasteiger partial charge in [-0.3, -0.25) is 4.79 Å². The number of hydrogen-bond donors (Lipinski definition) is 2. The van der Waals surface area contributed by atoms with Gasteiger partial charge in [-0.25, -0.2) is 0 Å². The Morgan fingerprint density at radius 3 is 2.62 bits per heavy atom. The molecule has 1 amide bonds. The van der Waals surface area contributed by atoms with Crippen LogP contribution in [0.15, 0.2) is 18.2 Å². The lowest BCUT2D eigenvalue weighted by atomic mass is 10.0. The second-order valence-corrected chi connectivity index (χ2v) is 5.59. The fraction of sp³-hybridized carbons (Fsp3) is 0.562. The Kier molecular flexibility index (Phi) is 6.03. The Balaban J connectivity index is 2.88. The Bertz CT molecular complexity index is 463. The number of aliphatic hydroxyl groups excluding tert-OH is 1. The summed E-state index contributed by atoms with van der Waals surface area (Å²) in [6, 6.07) is 5.23. The van der Waals surface area contributed by atoms with Gasteiger partial charge in [-0.15, -0.1) is 0 Å². The standard InChI is InChI=1S/C16H25NO4/c1-6-16(3,4)17-15(19)11(2)21-14-12(10-18)8-7-9-13(14)20-5/h7-9,11,18H,6,10H2,1-5H3,(H,17,19). The Morgan fingerprint density at radius 2 is 2.10 bits per heavy atom. The summed E-state index contributed by atoms with van der Waals surface area (Å²) in [5, 5.41) is 12.3. The molecular formula is C16H25NO4. The van der Waals surface area contributed by atoms with Crippen LogP contribution in [0, 0.1) is 0 Å². The predicted octanol–water partition coefficient (Wildman–Crippen LogP) is 2.26. The van der Waals surface area contributed by atoms with Crippen molar-refractivity contribution in [1.29, 1.82) is 0 Å². The molecule has 0 radical (unpaired) electrons. The van der Waals surface area contributed by atoms with Crippen LogP contribution in [0.3, 0.4) is 0 Å². The molecule has 2 N–H and O–H groups in total. The SMILES string of the molecule is CCC(C)(C)NC(=O)C(C)Oc1c(CO)cccc1OC. The van der Waals surface area contributed by atoms with Crippen LogP contribution in [0.2, 0.25) is 0 Å². The second kappa shape index (κ2) is 7.31. The molecule has 0 fully saturated rings. The zero-order valence-corrected chi connectivity index (χ0v) is 13.4. The van der Waals surface area contributed by atoms with Gasteiger partial charge in [0.2, 0.25) is 0 Å². The lowest BCUT2D eigenvalue weighted by molar-refractivity contribution is -0.129. The van der Waals surface area contributed by atoms with Crippen molar-refractivity contribution in [3.8, 4) is 11.5 Å². The third kappa shape index (κ3) is 4.63. The van der Waals surface area contributed by atoms with Gasteiger partial charge in [-0.1, -0.05) is 19.1 Å². The first-order valence-electron chi connectivity index (χ1n) is 7.10. The highest BCUT2D eigenvalue weighted by Gasteiger charge is 2.24. The van der Waals surface area contributed by atoms with Crippen molar-refractivity contribution in [1.82, 2.24) is 5.32 Å². The molecule has 1 rings (SSSR count). The molecule has 1 aromatic carbocycles. The third-order valence-corrected chi connectivity index (χ3v) is 3.46. The quantitative estimate of drug-likeness (QED) is 0.809. The number of carbonyl (C=O) groups excluding carboxylic acids is 1. The maximum absolute atomic E-state index is 12.2. The van der Waals surface area contributed by atoms with E-state index >= 15 is 0 Å². The highest BCUT2D eigenvalue weighted by atomic mass is 16.5. The molecule has 0 heterocycles. The van der Waals surface area contributed by atoms with Crippen molar-refractivity contribution in [2.24, 2.45) is 0 Å². The topological polar surface area (TPSA) is 67.8 Å². The smallest absolute Gasteiger partial charge is 0.261 e. The van der Waals surface area contributed by atoms with Gasteiger partial charge >= 0.3 is 0 Å². The summed E-state index contributed by atoms with van der Waals surface area (Å²) in [5.74, 6) is 0.701. The first kappa shape index (κ1) is 17.3. The fourth-order valence-electron chi connectivity index (χ4n) is 1.73. The van der Waals surface area contributed by atoms with Crippen LogP contribution in [0.25, 0.3) is 0 Å². The Hall–Kier alpha value is -1.75. The van der Waals surface area contributed by atoms with E-state index in [0.717, 1.165) is 6.42 Å². The molecule has 118 valence electrons. The summed E-state index contributed by atoms with van der Waals surface area (Å²) in [5.41, 5.74) is 0.304. The van der Waals surface area contributed by atoms with Crippen molar-refractivity contribution < 1.29 is 19.4 Å². The second-order valence-electron chi connectivity index (χ2n) is 5.59. The molecule has 0 saturated heterocycles. The maximum atomic E-state index is 12.2. The van der Waals surface area contributed by atoms with E-state index in [-0.39, 0.29) is 18.1 Å². The van der Waals surface area contributed by atoms with Gasteiger partial charge in [0.05, 0.1) is 13.7 Å². The molecule has 5 nitrogen and oxygen atoms in total. The predicted molar refractivity (Wildman–Crippen MR) is 81.5 cm³/mol. The minimum atomic E-state index is -0.683. The van der Waals surface area contributed by atoms with E-state index in [9.17, 15) is 9.90 Å². The molecule has 1 atom stereocenters. The van der Waals surface area contributed by atoms with Gasteiger partial charge in [0.15, 0.2) is 17.6 Å². The fourth-order valence-corrected chi connectivity index (χ4v) is 1.73. The van der Waals surface area contributed by atoms with E-state index in [1.807, 2.05) is 20.8 Å². The highest BCUT2D eigenvalue weighted by molar-refractivity contribution is 5.81. The third-order valence-electron chi connectivity index (χ3n) is 3.46. The van der Waals surface area contributed by atoms with Crippen LogP contribution in [0.5, 0.6) is 11.5 Å². The summed E-state index contributed by atoms with van der Waals surface area (Å²) in [7, 11) is 1.52. The van der Waals surface area contributed by atoms with Crippen molar-refractivity contribution >= 4 is 5.91 Å². The normalized spacial score (nSPS) is 12.7. The molecule has 0 aromatic heterocycles. The van der Waals surface area contributed by atoms with Crippen molar-refractivity contribution in [2.75, 3.05) is 7.11 Å². The van der Waals surface area contributed by atoms with E-state index in [1.165, 1.54) is 7.11 Å². The molecule has 0 aliphatic rings. The minimum Gasteiger partial charge on any atom is -0.493 e. The van der Waals surface area contributed by atoms with Gasteiger partial charge in [0.25, 0.3) is 5.91 Å². The van der Waals surface area contributed by atoms with Crippen molar-refractivity contribution in [3.63, 3.8) is 0 Å². The van der Waals surface area contributed by atoms with Crippen LogP contribution in [0.1, 0.15) is 39.7 Å². The Labute approximate surface area is 126 Å². The number of benzene rings is 1. The first-order valence-corrected chi connectivity index (χ1v) is 7.10. The van der Waals surface area contributed by atoms with Crippen LogP contribution >= 0.6 is 0 Å². The first-order chi connectivity index (χ1) is 9.84. The van der Waals surface area contributed by atoms with E-state index in [2.05, 4.69) is 5.32 Å². The summed E-state index contributed by atoms with van der Waals surface area (Å²) in [4.78, 5) is 12.2. The summed E-state index contributed by atoms with van der Waals surface area (Å²) < 4.78 is 10.9. The van der Waals surface area contributed by atoms with Crippen LogP contribution in [0.4, 0.5) is 0 Å². The summed E-state index contributed by atoms with van der Waals surface area (Å²) >= 11 is 0. The monoisotopic (exact) mass is 295 g/mol. The number of aliphatic hydroxyl groups is 1. The van der Waals surface area contributed by atoms with Crippen molar-refractivity contribution in [3.05, 3.63) is 23.8 Å². The maximum Gasteiger partial charge on any atom is 0.261 e. The van der Waals surface area contributed by atoms with E-state index < -0.39 is 6.10 Å². The molecule has 1 aromatic rings. The van der Waals surface area contributed by atoms with Crippen LogP contribution in [-0.2, 0) is 11.4 Å². The number of ether oxygens (including phenoxy) is 2. The molecule has 0 saturated carbocycles. The van der Waals surface area contributed by atoms with E-state index in [0.29, 0.717) is 17.1 Å². The number of methoxy groups -OCH3 is 1. The molecule has 0 spiro atoms. The van der Waals surface area contributed by atoms with E-state index in [1.54, 1.807) is 25.1 Å². The van der Waals surface area contributed by atoms with Gasteiger partial charge in [0.1, 0.15) is 0 Å². The molecule has 0 bridgehead atoms. The number of hydrogen-bond acceptors (Lipinski definition) is 4. The van der Waals surface area contributed by atoms with Gasteiger partial charge in [0, 0.05) is 11.1 Å². The van der Waals surface area contributed by atoms with Gasteiger partial charge < -0.3 is 19.9 Å². The number of rotatable bonds is 7. The average Bonchev–Trinajstić information content (AvgIpc) is 2.46. The molecular weight excluding hydrogens is 270 g/mol. The Morgan fingerprint density at radius 1 is 1.43 bits per heavy atom. The number of amides is 1. The number of nitrogens with one attached hydrogen (secondary N) is 1. The van der Waals surface area contributed by atoms with E-state index in [4.69, 9.17) is 9.47 Å². The summed E-state index contributed by atoms with van der Waals surface area (Å²) in [6.45, 7) is 7.42. The average molecular weight is 295 g/mol. The van der Waals surface area contributed by atoms with Crippen molar-refractivity contribution in [2.45, 2.75) is 52.4 Å².